The molecule has 0 fully saturated rings. The molecule has 0 saturated heterocycles. The number of carbonyl (C=O) groups is 1. The van der Waals surface area contributed by atoms with Gasteiger partial charge >= 0.3 is 6.18 Å². The van der Waals surface area contributed by atoms with E-state index in [9.17, 15) is 23.2 Å². The molecular formula is C20H24F3N9O2. The minimum atomic E-state index is -4.58. The number of hydrogen-bond acceptors (Lipinski definition) is 8. The summed E-state index contributed by atoms with van der Waals surface area (Å²) in [6.07, 6.45) is -4.09. The summed E-state index contributed by atoms with van der Waals surface area (Å²) >= 11 is 0. The van der Waals surface area contributed by atoms with Crippen LogP contribution >= 0.6 is 0 Å². The smallest absolute Gasteiger partial charge is 0.416 e. The molecule has 1 aromatic heterocycles. The van der Waals surface area contributed by atoms with Crippen molar-refractivity contribution in [1.29, 1.82) is 10.7 Å². The fourth-order valence-corrected chi connectivity index (χ4v) is 2.87. The van der Waals surface area contributed by atoms with E-state index in [1.54, 1.807) is 6.92 Å². The second kappa shape index (κ2) is 11.5. The largest absolute Gasteiger partial charge is 0.477 e. The fourth-order valence-electron chi connectivity index (χ4n) is 2.87. The molecule has 14 heteroatoms. The normalized spacial score (nSPS) is 11.7. The van der Waals surface area contributed by atoms with Gasteiger partial charge in [0, 0.05) is 12.2 Å². The van der Waals surface area contributed by atoms with E-state index in [-0.39, 0.29) is 54.4 Å². The Labute approximate surface area is 193 Å². The summed E-state index contributed by atoms with van der Waals surface area (Å²) in [5.74, 6) is -1.28. The van der Waals surface area contributed by atoms with Crippen LogP contribution < -0.4 is 32.2 Å². The molecule has 11 nitrogen and oxygen atoms in total. The van der Waals surface area contributed by atoms with Gasteiger partial charge in [-0.25, -0.2) is 0 Å². The highest BCUT2D eigenvalue weighted by Crippen LogP contribution is 2.31. The van der Waals surface area contributed by atoms with E-state index in [2.05, 4.69) is 25.9 Å². The minimum absolute atomic E-state index is 0.0637. The first-order valence-corrected chi connectivity index (χ1v) is 10.1. The van der Waals surface area contributed by atoms with Crippen LogP contribution in [0.3, 0.4) is 0 Å². The first kappa shape index (κ1) is 26.0. The number of nitrogens with one attached hydrogen (secondary N) is 4. The summed E-state index contributed by atoms with van der Waals surface area (Å²) in [6.45, 7) is 2.13. The van der Waals surface area contributed by atoms with Crippen molar-refractivity contribution in [1.82, 2.24) is 15.3 Å². The number of nitrogen functional groups attached to an aromatic ring is 1. The summed E-state index contributed by atoms with van der Waals surface area (Å²) in [5, 5.41) is 24.6. The van der Waals surface area contributed by atoms with E-state index in [0.717, 1.165) is 12.1 Å². The molecule has 2 rings (SSSR count). The maximum Gasteiger partial charge on any atom is 0.416 e. The molecule has 0 unspecified atom stereocenters. The van der Waals surface area contributed by atoms with Gasteiger partial charge in [0.25, 0.3) is 0 Å². The van der Waals surface area contributed by atoms with Gasteiger partial charge in [-0.3, -0.25) is 10.2 Å². The Morgan fingerprint density at radius 3 is 2.71 bits per heavy atom. The highest BCUT2D eigenvalue weighted by Gasteiger charge is 2.31. The maximum absolute atomic E-state index is 13.0. The van der Waals surface area contributed by atoms with Crippen LogP contribution in [0.4, 0.5) is 30.6 Å². The monoisotopic (exact) mass is 479 g/mol. The molecule has 2 aromatic rings. The maximum atomic E-state index is 13.0. The number of ether oxygens (including phenoxy) is 1. The van der Waals surface area contributed by atoms with Crippen LogP contribution in [0.5, 0.6) is 5.88 Å². The number of benzene rings is 1. The van der Waals surface area contributed by atoms with Gasteiger partial charge in [0.15, 0.2) is 17.3 Å². The first-order chi connectivity index (χ1) is 16.0. The van der Waals surface area contributed by atoms with Crippen LogP contribution in [0.15, 0.2) is 24.3 Å². The lowest BCUT2D eigenvalue weighted by Crippen LogP contribution is -2.37. The Bertz CT molecular complexity index is 1070. The Kier molecular flexibility index (Phi) is 8.82. The molecule has 182 valence electrons. The minimum Gasteiger partial charge on any atom is -0.477 e. The van der Waals surface area contributed by atoms with Crippen LogP contribution in [-0.2, 0) is 11.0 Å². The van der Waals surface area contributed by atoms with Gasteiger partial charge in [-0.2, -0.15) is 28.4 Å². The third-order valence-corrected chi connectivity index (χ3v) is 4.36. The number of aromatic nitrogens is 2. The molecule has 34 heavy (non-hydrogen) atoms. The second-order valence-corrected chi connectivity index (χ2v) is 6.90. The molecule has 1 heterocycles. The summed E-state index contributed by atoms with van der Waals surface area (Å²) in [4.78, 5) is 20.8. The molecule has 0 radical (unpaired) electrons. The van der Waals surface area contributed by atoms with Crippen molar-refractivity contribution in [3.63, 3.8) is 0 Å². The quantitative estimate of drug-likeness (QED) is 0.168. The molecule has 1 aromatic carbocycles. The number of nitrogens with zero attached hydrogens (tertiary/aromatic N) is 3. The fraction of sp³-hybridized carbons (Fsp3) is 0.350. The number of amides is 1. The van der Waals surface area contributed by atoms with Crippen LogP contribution in [-0.4, -0.2) is 41.0 Å². The molecule has 0 aliphatic rings. The van der Waals surface area contributed by atoms with Gasteiger partial charge in [-0.05, 0) is 38.0 Å². The standard InChI is InChI=1S/C20H24F3N9O2/c1-2-34-17-13(10-24)15(31-19(27)32-17)30-14(7-4-8-28-18(25)26)16(33)29-12-6-3-5-11(9-12)20(21,22)23/h3,5-6,9,14H,2,4,7-8H2,1H3,(H,29,33)(H4,25,26,28)(H3,27,30,31,32)/t14-/m0/s1. The lowest BCUT2D eigenvalue weighted by atomic mass is 10.1. The Morgan fingerprint density at radius 1 is 1.35 bits per heavy atom. The Hall–Kier alpha value is -4.28. The van der Waals surface area contributed by atoms with E-state index >= 15 is 0 Å². The predicted molar refractivity (Wildman–Crippen MR) is 119 cm³/mol. The number of nitrogens with two attached hydrogens (primary N) is 2. The summed E-state index contributed by atoms with van der Waals surface area (Å²) in [6, 6.07) is 5.04. The number of hydrogen-bond donors (Lipinski definition) is 6. The van der Waals surface area contributed by atoms with Crippen LogP contribution in [0.1, 0.15) is 30.9 Å². The summed E-state index contributed by atoms with van der Waals surface area (Å²) in [7, 11) is 0. The zero-order chi connectivity index (χ0) is 25.3. The van der Waals surface area contributed by atoms with Crippen molar-refractivity contribution in [2.75, 3.05) is 29.5 Å². The zero-order valence-electron chi connectivity index (χ0n) is 18.2. The number of nitriles is 1. The van der Waals surface area contributed by atoms with Gasteiger partial charge in [0.1, 0.15) is 12.1 Å². The van der Waals surface area contributed by atoms with Crippen LogP contribution in [0, 0.1) is 16.7 Å². The van der Waals surface area contributed by atoms with Crippen molar-refractivity contribution in [3.8, 4) is 11.9 Å². The van der Waals surface area contributed by atoms with Gasteiger partial charge in [0.2, 0.25) is 17.7 Å². The summed E-state index contributed by atoms with van der Waals surface area (Å²) in [5.41, 5.74) is 9.87. The van der Waals surface area contributed by atoms with E-state index in [4.69, 9.17) is 21.6 Å². The van der Waals surface area contributed by atoms with E-state index in [1.807, 2.05) is 6.07 Å². The van der Waals surface area contributed by atoms with E-state index in [1.165, 1.54) is 12.1 Å². The number of alkyl halides is 3. The number of guanidine groups is 1. The number of rotatable bonds is 10. The average molecular weight is 479 g/mol. The van der Waals surface area contributed by atoms with Crippen molar-refractivity contribution < 1.29 is 22.7 Å². The molecular weight excluding hydrogens is 455 g/mol. The second-order valence-electron chi connectivity index (χ2n) is 6.90. The van der Waals surface area contributed by atoms with Gasteiger partial charge in [-0.15, -0.1) is 0 Å². The lowest BCUT2D eigenvalue weighted by molar-refractivity contribution is -0.137. The van der Waals surface area contributed by atoms with Crippen molar-refractivity contribution in [3.05, 3.63) is 35.4 Å². The molecule has 1 atom stereocenters. The Balaban J connectivity index is 2.31. The number of halogens is 3. The third kappa shape index (κ3) is 7.40. The molecule has 0 saturated carbocycles. The van der Waals surface area contributed by atoms with Crippen molar-refractivity contribution in [2.24, 2.45) is 5.73 Å². The van der Waals surface area contributed by atoms with Gasteiger partial charge in [0.05, 0.1) is 12.2 Å². The first-order valence-electron chi connectivity index (χ1n) is 10.1. The third-order valence-electron chi connectivity index (χ3n) is 4.36. The number of carbonyl (C=O) groups excluding carboxylic acids is 1. The SMILES string of the molecule is CCOc1nc(N)nc(N[C@@H](CCCNC(=N)N)C(=O)Nc2cccc(C(F)(F)F)c2)c1C#N. The molecule has 1 amide bonds. The topological polar surface area (TPSA) is 188 Å². The molecule has 0 bridgehead atoms. The van der Waals surface area contributed by atoms with E-state index < -0.39 is 23.7 Å². The van der Waals surface area contributed by atoms with Gasteiger partial charge < -0.3 is 32.2 Å². The molecule has 8 N–H and O–H groups in total. The number of anilines is 3. The molecule has 0 aliphatic heterocycles. The van der Waals surface area contributed by atoms with E-state index in [0.29, 0.717) is 6.42 Å². The van der Waals surface area contributed by atoms with Crippen molar-refractivity contribution in [2.45, 2.75) is 32.0 Å². The highest BCUT2D eigenvalue weighted by atomic mass is 19.4. The Morgan fingerprint density at radius 2 is 2.09 bits per heavy atom. The van der Waals surface area contributed by atoms with Crippen molar-refractivity contribution >= 4 is 29.3 Å². The van der Waals surface area contributed by atoms with Gasteiger partial charge in [-0.1, -0.05) is 6.07 Å². The predicted octanol–water partition coefficient (Wildman–Crippen LogP) is 2.03. The zero-order valence-corrected chi connectivity index (χ0v) is 18.2. The van der Waals surface area contributed by atoms with Crippen LogP contribution in [0.25, 0.3) is 0 Å². The summed E-state index contributed by atoms with van der Waals surface area (Å²) < 4.78 is 44.4. The molecule has 0 spiro atoms. The van der Waals surface area contributed by atoms with Crippen LogP contribution in [0.2, 0.25) is 0 Å². The highest BCUT2D eigenvalue weighted by molar-refractivity contribution is 5.96. The molecule has 0 aliphatic carbocycles. The lowest BCUT2D eigenvalue weighted by Gasteiger charge is -2.21. The average Bonchev–Trinajstić information content (AvgIpc) is 2.75.